The summed E-state index contributed by atoms with van der Waals surface area (Å²) in [6, 6.07) is 16.7. The predicted molar refractivity (Wildman–Crippen MR) is 122 cm³/mol. The molecule has 8 heteroatoms. The van der Waals surface area contributed by atoms with E-state index >= 15 is 0 Å². The molecule has 0 radical (unpaired) electrons. The van der Waals surface area contributed by atoms with E-state index in [-0.39, 0.29) is 29.3 Å². The number of hydrogen-bond donors (Lipinski definition) is 1. The predicted octanol–water partition coefficient (Wildman–Crippen LogP) is 3.27. The number of likely N-dealkylation sites (N-methyl/N-ethyl adjacent to an activating group) is 1. The van der Waals surface area contributed by atoms with E-state index < -0.39 is 10.0 Å². The third-order valence-corrected chi connectivity index (χ3v) is 7.89. The van der Waals surface area contributed by atoms with Crippen molar-refractivity contribution in [2.75, 3.05) is 33.7 Å². The largest absolute Gasteiger partial charge is 0.354 e. The number of sulfonamides is 1. The summed E-state index contributed by atoms with van der Waals surface area (Å²) in [6.07, 6.45) is 1.36. The van der Waals surface area contributed by atoms with Crippen LogP contribution in [0.1, 0.15) is 24.4 Å². The van der Waals surface area contributed by atoms with E-state index in [1.165, 1.54) is 4.31 Å². The first-order valence-electron chi connectivity index (χ1n) is 10.0. The third-order valence-electron chi connectivity index (χ3n) is 5.48. The smallest absolute Gasteiger partial charge is 0.243 e. The van der Waals surface area contributed by atoms with Gasteiger partial charge >= 0.3 is 0 Å². The van der Waals surface area contributed by atoms with Gasteiger partial charge in [0.25, 0.3) is 0 Å². The van der Waals surface area contributed by atoms with Gasteiger partial charge in [0.1, 0.15) is 0 Å². The highest BCUT2D eigenvalue weighted by Gasteiger charge is 2.33. The summed E-state index contributed by atoms with van der Waals surface area (Å²) in [5.74, 6) is -0.434. The van der Waals surface area contributed by atoms with Crippen molar-refractivity contribution in [3.8, 4) is 0 Å². The molecular formula is C22H28BrN3O3S. The molecule has 0 spiro atoms. The molecule has 30 heavy (non-hydrogen) atoms. The van der Waals surface area contributed by atoms with Crippen LogP contribution in [0, 0.1) is 5.92 Å². The fourth-order valence-electron chi connectivity index (χ4n) is 3.75. The minimum atomic E-state index is -3.61. The standard InChI is InChI=1S/C22H28BrN3O3S/c1-25(2)21(17-7-4-3-5-8-17)15-24-22(27)18-9-6-14-26(16-18)30(28,29)20-12-10-19(23)11-13-20/h3-5,7-8,10-13,18,21H,6,9,14-16H2,1-2H3,(H,24,27). The molecule has 1 aliphatic heterocycles. The minimum Gasteiger partial charge on any atom is -0.354 e. The van der Waals surface area contributed by atoms with Crippen molar-refractivity contribution in [3.63, 3.8) is 0 Å². The van der Waals surface area contributed by atoms with Crippen molar-refractivity contribution in [3.05, 3.63) is 64.6 Å². The number of carbonyl (C=O) groups is 1. The normalized spacial score (nSPS) is 18.9. The van der Waals surface area contributed by atoms with Gasteiger partial charge in [0.2, 0.25) is 15.9 Å². The number of amides is 1. The molecule has 0 aliphatic carbocycles. The number of piperidine rings is 1. The molecule has 2 atom stereocenters. The summed E-state index contributed by atoms with van der Waals surface area (Å²) < 4.78 is 28.2. The maximum Gasteiger partial charge on any atom is 0.243 e. The van der Waals surface area contributed by atoms with Gasteiger partial charge in [0, 0.05) is 24.1 Å². The molecule has 2 unspecified atom stereocenters. The van der Waals surface area contributed by atoms with Gasteiger partial charge < -0.3 is 10.2 Å². The Balaban J connectivity index is 1.64. The summed E-state index contributed by atoms with van der Waals surface area (Å²) in [6.45, 7) is 1.13. The van der Waals surface area contributed by atoms with Crippen LogP contribution in [0.4, 0.5) is 0 Å². The Kier molecular flexibility index (Phi) is 7.68. The molecule has 6 nitrogen and oxygen atoms in total. The quantitative estimate of drug-likeness (QED) is 0.642. The van der Waals surface area contributed by atoms with Gasteiger partial charge in [0.05, 0.1) is 16.9 Å². The summed E-state index contributed by atoms with van der Waals surface area (Å²) in [5, 5.41) is 3.04. The third kappa shape index (κ3) is 5.49. The number of nitrogens with zero attached hydrogens (tertiary/aromatic N) is 2. The molecular weight excluding hydrogens is 466 g/mol. The van der Waals surface area contributed by atoms with Crippen LogP contribution >= 0.6 is 15.9 Å². The van der Waals surface area contributed by atoms with E-state index in [9.17, 15) is 13.2 Å². The first-order valence-corrected chi connectivity index (χ1v) is 12.3. The molecule has 2 aromatic carbocycles. The van der Waals surface area contributed by atoms with Crippen LogP contribution in [0.5, 0.6) is 0 Å². The maximum atomic E-state index is 13.0. The van der Waals surface area contributed by atoms with E-state index in [0.717, 1.165) is 10.0 Å². The number of rotatable bonds is 7. The average Bonchev–Trinajstić information content (AvgIpc) is 2.74. The molecule has 162 valence electrons. The molecule has 0 saturated carbocycles. The van der Waals surface area contributed by atoms with Gasteiger partial charge in [-0.15, -0.1) is 0 Å². The van der Waals surface area contributed by atoms with Crippen LogP contribution in [0.15, 0.2) is 64.0 Å². The fraction of sp³-hybridized carbons (Fsp3) is 0.409. The van der Waals surface area contributed by atoms with E-state index in [0.29, 0.717) is 25.9 Å². The molecule has 1 heterocycles. The summed E-state index contributed by atoms with van der Waals surface area (Å²) >= 11 is 3.33. The van der Waals surface area contributed by atoms with Crippen LogP contribution in [0.3, 0.4) is 0 Å². The van der Waals surface area contributed by atoms with Gasteiger partial charge in [0.15, 0.2) is 0 Å². The Morgan fingerprint density at radius 1 is 1.17 bits per heavy atom. The first kappa shape index (κ1) is 22.9. The Morgan fingerprint density at radius 2 is 1.83 bits per heavy atom. The Morgan fingerprint density at radius 3 is 2.47 bits per heavy atom. The van der Waals surface area contributed by atoms with Crippen molar-refractivity contribution in [1.29, 1.82) is 0 Å². The molecule has 0 aromatic heterocycles. The highest BCUT2D eigenvalue weighted by molar-refractivity contribution is 9.10. The lowest BCUT2D eigenvalue weighted by atomic mass is 9.98. The lowest BCUT2D eigenvalue weighted by molar-refractivity contribution is -0.126. The highest BCUT2D eigenvalue weighted by atomic mass is 79.9. The number of hydrogen-bond acceptors (Lipinski definition) is 4. The summed E-state index contributed by atoms with van der Waals surface area (Å²) in [4.78, 5) is 15.2. The second-order valence-corrected chi connectivity index (χ2v) is 10.6. The van der Waals surface area contributed by atoms with Crippen LogP contribution < -0.4 is 5.32 Å². The van der Waals surface area contributed by atoms with Gasteiger partial charge in [-0.05, 0) is 56.8 Å². The second kappa shape index (κ2) is 10.0. The monoisotopic (exact) mass is 493 g/mol. The highest BCUT2D eigenvalue weighted by Crippen LogP contribution is 2.25. The van der Waals surface area contributed by atoms with Crippen LogP contribution in [-0.2, 0) is 14.8 Å². The molecule has 1 amide bonds. The van der Waals surface area contributed by atoms with Crippen molar-refractivity contribution < 1.29 is 13.2 Å². The zero-order valence-electron chi connectivity index (χ0n) is 17.3. The minimum absolute atomic E-state index is 0.0568. The molecule has 3 rings (SSSR count). The van der Waals surface area contributed by atoms with E-state index in [1.807, 2.05) is 44.4 Å². The van der Waals surface area contributed by atoms with Crippen molar-refractivity contribution in [2.24, 2.45) is 5.92 Å². The van der Waals surface area contributed by atoms with Gasteiger partial charge in [-0.3, -0.25) is 4.79 Å². The van der Waals surface area contributed by atoms with Crippen LogP contribution in [-0.4, -0.2) is 57.3 Å². The molecule has 2 aromatic rings. The Labute approximate surface area is 187 Å². The number of nitrogens with one attached hydrogen (secondary N) is 1. The fourth-order valence-corrected chi connectivity index (χ4v) is 5.53. The Hall–Kier alpha value is -1.74. The van der Waals surface area contributed by atoms with Crippen molar-refractivity contribution in [1.82, 2.24) is 14.5 Å². The molecule has 1 N–H and O–H groups in total. The Bertz CT molecular complexity index is 949. The lowest BCUT2D eigenvalue weighted by Crippen LogP contribution is -2.46. The lowest BCUT2D eigenvalue weighted by Gasteiger charge is -2.32. The van der Waals surface area contributed by atoms with E-state index in [2.05, 4.69) is 26.1 Å². The van der Waals surface area contributed by atoms with Crippen molar-refractivity contribution in [2.45, 2.75) is 23.8 Å². The number of carbonyl (C=O) groups excluding carboxylic acids is 1. The molecule has 1 saturated heterocycles. The zero-order chi connectivity index (χ0) is 21.7. The topological polar surface area (TPSA) is 69.7 Å². The van der Waals surface area contributed by atoms with Crippen LogP contribution in [0.25, 0.3) is 0 Å². The van der Waals surface area contributed by atoms with Crippen molar-refractivity contribution >= 4 is 31.9 Å². The second-order valence-electron chi connectivity index (χ2n) is 7.79. The molecule has 0 bridgehead atoms. The van der Waals surface area contributed by atoms with E-state index in [4.69, 9.17) is 0 Å². The average molecular weight is 494 g/mol. The summed E-state index contributed by atoms with van der Waals surface area (Å²) in [5.41, 5.74) is 1.13. The summed E-state index contributed by atoms with van der Waals surface area (Å²) in [7, 11) is 0.358. The van der Waals surface area contributed by atoms with Gasteiger partial charge in [-0.1, -0.05) is 46.3 Å². The first-order chi connectivity index (χ1) is 14.3. The van der Waals surface area contributed by atoms with Gasteiger partial charge in [-0.2, -0.15) is 4.31 Å². The van der Waals surface area contributed by atoms with Gasteiger partial charge in [-0.25, -0.2) is 8.42 Å². The zero-order valence-corrected chi connectivity index (χ0v) is 19.7. The van der Waals surface area contributed by atoms with E-state index in [1.54, 1.807) is 24.3 Å². The maximum absolute atomic E-state index is 13.0. The SMILES string of the molecule is CN(C)C(CNC(=O)C1CCCN(S(=O)(=O)c2ccc(Br)cc2)C1)c1ccccc1. The molecule has 1 aliphatic rings. The molecule has 1 fully saturated rings. The number of halogens is 1. The number of benzene rings is 2. The van der Waals surface area contributed by atoms with Crippen LogP contribution in [0.2, 0.25) is 0 Å².